The first kappa shape index (κ1) is 16.2. The van der Waals surface area contributed by atoms with Crippen LogP contribution in [0.3, 0.4) is 0 Å². The molecule has 1 aromatic carbocycles. The van der Waals surface area contributed by atoms with Crippen LogP contribution in [0, 0.1) is 0 Å². The van der Waals surface area contributed by atoms with Crippen LogP contribution in [0.2, 0.25) is 0 Å². The van der Waals surface area contributed by atoms with Gasteiger partial charge in [0.25, 0.3) is 0 Å². The molecule has 1 aromatic rings. The molecule has 19 heavy (non-hydrogen) atoms. The smallest absolute Gasteiger partial charge is 0.0460 e. The van der Waals surface area contributed by atoms with Gasteiger partial charge in [-0.05, 0) is 24.0 Å². The molecule has 0 spiro atoms. The van der Waals surface area contributed by atoms with Gasteiger partial charge in [0.05, 0.1) is 0 Å². The van der Waals surface area contributed by atoms with Gasteiger partial charge in [0.15, 0.2) is 0 Å². The topological polar surface area (TPSA) is 38.0 Å². The lowest BCUT2D eigenvalue weighted by molar-refractivity contribution is 0.477. The fourth-order valence-electron chi connectivity index (χ4n) is 2.50. The lowest BCUT2D eigenvalue weighted by Gasteiger charge is -2.17. The Morgan fingerprint density at radius 1 is 1.05 bits per heavy atom. The van der Waals surface area contributed by atoms with E-state index < -0.39 is 0 Å². The molecule has 1 unspecified atom stereocenters. The zero-order chi connectivity index (χ0) is 13.9. The molecule has 0 aliphatic rings. The summed E-state index contributed by atoms with van der Waals surface area (Å²) in [5.41, 5.74) is 5.69. The second kappa shape index (κ2) is 9.99. The highest BCUT2D eigenvalue weighted by atomic mass is 15.2. The number of benzene rings is 1. The van der Waals surface area contributed by atoms with Crippen molar-refractivity contribution in [1.82, 2.24) is 5.43 Å². The molecule has 0 aliphatic heterocycles. The summed E-state index contributed by atoms with van der Waals surface area (Å²) in [6.07, 6.45) is 10.2. The van der Waals surface area contributed by atoms with Gasteiger partial charge in [0.1, 0.15) is 0 Å². The van der Waals surface area contributed by atoms with Gasteiger partial charge in [0, 0.05) is 6.04 Å². The third-order valence-electron chi connectivity index (χ3n) is 3.81. The van der Waals surface area contributed by atoms with E-state index in [1.165, 1.54) is 49.7 Å². The molecule has 0 amide bonds. The first-order valence-corrected chi connectivity index (χ1v) is 7.86. The molecule has 0 aromatic heterocycles. The van der Waals surface area contributed by atoms with Crippen LogP contribution in [-0.4, -0.2) is 0 Å². The highest BCUT2D eigenvalue weighted by molar-refractivity contribution is 5.25. The predicted molar refractivity (Wildman–Crippen MR) is 83.9 cm³/mol. The van der Waals surface area contributed by atoms with E-state index in [1.54, 1.807) is 0 Å². The first-order valence-electron chi connectivity index (χ1n) is 7.86. The van der Waals surface area contributed by atoms with Crippen molar-refractivity contribution in [2.24, 2.45) is 5.84 Å². The summed E-state index contributed by atoms with van der Waals surface area (Å²) >= 11 is 0. The van der Waals surface area contributed by atoms with Crippen molar-refractivity contribution in [3.63, 3.8) is 0 Å². The van der Waals surface area contributed by atoms with Crippen LogP contribution < -0.4 is 11.3 Å². The Labute approximate surface area is 118 Å². The minimum absolute atomic E-state index is 0.303. The molecule has 0 radical (unpaired) electrons. The summed E-state index contributed by atoms with van der Waals surface area (Å²) < 4.78 is 0. The second-order valence-corrected chi connectivity index (χ2v) is 5.37. The maximum Gasteiger partial charge on any atom is 0.0460 e. The van der Waals surface area contributed by atoms with Crippen molar-refractivity contribution in [3.8, 4) is 0 Å². The normalized spacial score (nSPS) is 12.6. The van der Waals surface area contributed by atoms with Gasteiger partial charge in [-0.3, -0.25) is 11.3 Å². The van der Waals surface area contributed by atoms with E-state index in [0.29, 0.717) is 6.04 Å². The molecule has 3 N–H and O–H groups in total. The Morgan fingerprint density at radius 2 is 1.79 bits per heavy atom. The number of hydrazine groups is 1. The van der Waals surface area contributed by atoms with E-state index in [-0.39, 0.29) is 0 Å². The largest absolute Gasteiger partial charge is 0.271 e. The molecule has 0 saturated carbocycles. The first-order chi connectivity index (χ1) is 9.31. The summed E-state index contributed by atoms with van der Waals surface area (Å²) in [5.74, 6) is 5.71. The molecule has 1 atom stereocenters. The number of hydrogen-bond donors (Lipinski definition) is 2. The highest BCUT2D eigenvalue weighted by Crippen LogP contribution is 2.21. The van der Waals surface area contributed by atoms with Crippen molar-refractivity contribution < 1.29 is 0 Å². The van der Waals surface area contributed by atoms with Crippen molar-refractivity contribution in [3.05, 3.63) is 35.4 Å². The Hall–Kier alpha value is -0.860. The molecule has 0 heterocycles. The molecule has 0 fully saturated rings. The fourth-order valence-corrected chi connectivity index (χ4v) is 2.50. The van der Waals surface area contributed by atoms with Crippen LogP contribution in [0.25, 0.3) is 0 Å². The number of unbranched alkanes of at least 4 members (excludes halogenated alkanes) is 5. The molecule has 2 heteroatoms. The number of aryl methyl sites for hydroxylation is 1. The molecule has 0 saturated heterocycles. The third kappa shape index (κ3) is 6.22. The third-order valence-corrected chi connectivity index (χ3v) is 3.81. The average Bonchev–Trinajstić information content (AvgIpc) is 2.46. The van der Waals surface area contributed by atoms with Gasteiger partial charge in [-0.15, -0.1) is 0 Å². The van der Waals surface area contributed by atoms with Crippen LogP contribution >= 0.6 is 0 Å². The SMILES string of the molecule is CCCCCCCCC(NN)c1cccc(CC)c1. The van der Waals surface area contributed by atoms with Crippen LogP contribution in [0.5, 0.6) is 0 Å². The van der Waals surface area contributed by atoms with E-state index >= 15 is 0 Å². The molecule has 0 aliphatic carbocycles. The number of nitrogens with one attached hydrogen (secondary N) is 1. The molecular weight excluding hydrogens is 232 g/mol. The minimum atomic E-state index is 0.303. The van der Waals surface area contributed by atoms with Gasteiger partial charge >= 0.3 is 0 Å². The van der Waals surface area contributed by atoms with Crippen LogP contribution in [0.1, 0.15) is 76.0 Å². The van der Waals surface area contributed by atoms with Crippen LogP contribution in [0.15, 0.2) is 24.3 Å². The standard InChI is InChI=1S/C17H30N2/c1-3-5-6-7-8-9-13-17(19-18)16-12-10-11-15(4-2)14-16/h10-12,14,17,19H,3-9,13,18H2,1-2H3. The summed E-state index contributed by atoms with van der Waals surface area (Å²) in [6, 6.07) is 9.09. The number of rotatable bonds is 10. The maximum atomic E-state index is 5.71. The average molecular weight is 262 g/mol. The molecular formula is C17H30N2. The minimum Gasteiger partial charge on any atom is -0.271 e. The Balaban J connectivity index is 2.35. The van der Waals surface area contributed by atoms with E-state index in [4.69, 9.17) is 5.84 Å². The molecule has 2 nitrogen and oxygen atoms in total. The van der Waals surface area contributed by atoms with Crippen LogP contribution in [0.4, 0.5) is 0 Å². The van der Waals surface area contributed by atoms with Gasteiger partial charge in [-0.2, -0.15) is 0 Å². The summed E-state index contributed by atoms with van der Waals surface area (Å²) in [5, 5.41) is 0. The van der Waals surface area contributed by atoms with E-state index in [2.05, 4.69) is 43.5 Å². The monoisotopic (exact) mass is 262 g/mol. The highest BCUT2D eigenvalue weighted by Gasteiger charge is 2.09. The van der Waals surface area contributed by atoms with Gasteiger partial charge in [0.2, 0.25) is 0 Å². The van der Waals surface area contributed by atoms with Crippen molar-refractivity contribution in [2.45, 2.75) is 71.3 Å². The molecule has 1 rings (SSSR count). The summed E-state index contributed by atoms with van der Waals surface area (Å²) in [4.78, 5) is 0. The van der Waals surface area contributed by atoms with Gasteiger partial charge < -0.3 is 0 Å². The van der Waals surface area contributed by atoms with Gasteiger partial charge in [-0.25, -0.2) is 0 Å². The molecule has 108 valence electrons. The summed E-state index contributed by atoms with van der Waals surface area (Å²) in [7, 11) is 0. The Bertz CT molecular complexity index is 336. The van der Waals surface area contributed by atoms with E-state index in [0.717, 1.165) is 12.8 Å². The Kier molecular flexibility index (Phi) is 8.52. The lowest BCUT2D eigenvalue weighted by Crippen LogP contribution is -2.28. The summed E-state index contributed by atoms with van der Waals surface area (Å²) in [6.45, 7) is 4.45. The maximum absolute atomic E-state index is 5.71. The van der Waals surface area contributed by atoms with Crippen molar-refractivity contribution in [2.75, 3.05) is 0 Å². The second-order valence-electron chi connectivity index (χ2n) is 5.37. The quantitative estimate of drug-likeness (QED) is 0.370. The Morgan fingerprint density at radius 3 is 2.47 bits per heavy atom. The fraction of sp³-hybridized carbons (Fsp3) is 0.647. The number of nitrogens with two attached hydrogens (primary N) is 1. The molecule has 0 bridgehead atoms. The van der Waals surface area contributed by atoms with E-state index in [1.807, 2.05) is 0 Å². The van der Waals surface area contributed by atoms with Crippen molar-refractivity contribution in [1.29, 1.82) is 0 Å². The zero-order valence-electron chi connectivity index (χ0n) is 12.6. The van der Waals surface area contributed by atoms with Crippen LogP contribution in [-0.2, 0) is 6.42 Å². The number of hydrogen-bond acceptors (Lipinski definition) is 2. The van der Waals surface area contributed by atoms with E-state index in [9.17, 15) is 0 Å². The van der Waals surface area contributed by atoms with Gasteiger partial charge in [-0.1, -0.05) is 76.6 Å². The van der Waals surface area contributed by atoms with Crippen molar-refractivity contribution >= 4 is 0 Å². The lowest BCUT2D eigenvalue weighted by atomic mass is 9.98. The zero-order valence-corrected chi connectivity index (χ0v) is 12.6. The predicted octanol–water partition coefficient (Wildman–Crippen LogP) is 4.50.